The predicted molar refractivity (Wildman–Crippen MR) is 93.0 cm³/mol. The van der Waals surface area contributed by atoms with Crippen molar-refractivity contribution < 1.29 is 18.7 Å². The Balaban J connectivity index is 1.97. The molecule has 3 rings (SSSR count). The van der Waals surface area contributed by atoms with Gasteiger partial charge in [0.25, 0.3) is 5.91 Å². The van der Waals surface area contributed by atoms with Crippen LogP contribution in [0.3, 0.4) is 0 Å². The molecule has 126 valence electrons. The third-order valence-electron chi connectivity index (χ3n) is 3.87. The molecule has 3 aromatic rings. The van der Waals surface area contributed by atoms with E-state index in [4.69, 9.17) is 9.15 Å². The zero-order valence-corrected chi connectivity index (χ0v) is 13.7. The molecule has 0 atom stereocenters. The molecule has 0 aliphatic rings. The van der Waals surface area contributed by atoms with Gasteiger partial charge in [0, 0.05) is 11.1 Å². The second-order valence-electron chi connectivity index (χ2n) is 5.41. The minimum absolute atomic E-state index is 0.110. The largest absolute Gasteiger partial charge is 0.465 e. The van der Waals surface area contributed by atoms with Crippen LogP contribution in [0.2, 0.25) is 0 Å². The second kappa shape index (κ2) is 6.60. The summed E-state index contributed by atoms with van der Waals surface area (Å²) in [7, 11) is 1.29. The minimum Gasteiger partial charge on any atom is -0.465 e. The number of hydrogen-bond acceptors (Lipinski definition) is 5. The van der Waals surface area contributed by atoms with E-state index < -0.39 is 17.5 Å². The fourth-order valence-electron chi connectivity index (χ4n) is 2.51. The highest BCUT2D eigenvalue weighted by Crippen LogP contribution is 2.21. The summed E-state index contributed by atoms with van der Waals surface area (Å²) in [6.07, 6.45) is 0. The van der Waals surface area contributed by atoms with Crippen molar-refractivity contribution in [3.05, 3.63) is 75.6 Å². The van der Waals surface area contributed by atoms with Gasteiger partial charge in [0.15, 0.2) is 0 Å². The average Bonchev–Trinajstić information content (AvgIpc) is 2.62. The van der Waals surface area contributed by atoms with Crippen LogP contribution in [0.4, 0.5) is 5.69 Å². The Bertz CT molecular complexity index is 1040. The molecule has 0 fully saturated rings. The third-order valence-corrected chi connectivity index (χ3v) is 3.87. The van der Waals surface area contributed by atoms with Crippen molar-refractivity contribution >= 4 is 28.5 Å². The molecule has 6 heteroatoms. The number of hydrogen-bond donors (Lipinski definition) is 1. The maximum Gasteiger partial charge on any atom is 0.349 e. The molecule has 6 nitrogen and oxygen atoms in total. The molecular weight excluding hydrogens is 322 g/mol. The lowest BCUT2D eigenvalue weighted by Crippen LogP contribution is -2.21. The van der Waals surface area contributed by atoms with Crippen LogP contribution in [0.5, 0.6) is 0 Å². The van der Waals surface area contributed by atoms with Crippen molar-refractivity contribution in [1.82, 2.24) is 0 Å². The molecule has 1 amide bonds. The lowest BCUT2D eigenvalue weighted by molar-refractivity contribution is 0.0599. The van der Waals surface area contributed by atoms with Gasteiger partial charge >= 0.3 is 11.6 Å². The number of amides is 1. The van der Waals surface area contributed by atoms with E-state index in [1.165, 1.54) is 13.2 Å². The van der Waals surface area contributed by atoms with Gasteiger partial charge in [-0.2, -0.15) is 0 Å². The van der Waals surface area contributed by atoms with Crippen molar-refractivity contribution in [2.45, 2.75) is 6.92 Å². The van der Waals surface area contributed by atoms with E-state index >= 15 is 0 Å². The Morgan fingerprint density at radius 2 is 1.80 bits per heavy atom. The van der Waals surface area contributed by atoms with Crippen LogP contribution in [0, 0.1) is 6.92 Å². The van der Waals surface area contributed by atoms with Gasteiger partial charge in [-0.1, -0.05) is 24.3 Å². The molecule has 0 saturated carbocycles. The summed E-state index contributed by atoms with van der Waals surface area (Å²) in [5.74, 6) is -1.11. The summed E-state index contributed by atoms with van der Waals surface area (Å²) < 4.78 is 9.88. The molecule has 0 spiro atoms. The van der Waals surface area contributed by atoms with Crippen molar-refractivity contribution in [3.8, 4) is 0 Å². The van der Waals surface area contributed by atoms with E-state index in [1.54, 1.807) is 49.4 Å². The summed E-state index contributed by atoms with van der Waals surface area (Å²) in [6, 6.07) is 13.3. The highest BCUT2D eigenvalue weighted by atomic mass is 16.5. The first-order valence-corrected chi connectivity index (χ1v) is 7.53. The highest BCUT2D eigenvalue weighted by molar-refractivity contribution is 6.06. The smallest absolute Gasteiger partial charge is 0.349 e. The maximum atomic E-state index is 12.5. The molecule has 0 unspecified atom stereocenters. The van der Waals surface area contributed by atoms with Gasteiger partial charge in [0.1, 0.15) is 11.1 Å². The SMILES string of the molecule is COC(=O)c1cccc(NC(=O)c2cc3ccccc3oc2=O)c1C. The Hall–Kier alpha value is -3.41. The maximum absolute atomic E-state index is 12.5. The van der Waals surface area contributed by atoms with E-state index in [1.807, 2.05) is 0 Å². The van der Waals surface area contributed by atoms with Crippen LogP contribution in [-0.2, 0) is 4.74 Å². The number of para-hydroxylation sites is 1. The summed E-state index contributed by atoms with van der Waals surface area (Å²) in [5.41, 5.74) is 0.881. The molecule has 0 aliphatic carbocycles. The molecule has 1 N–H and O–H groups in total. The Morgan fingerprint density at radius 3 is 2.56 bits per heavy atom. The van der Waals surface area contributed by atoms with E-state index in [-0.39, 0.29) is 5.56 Å². The normalized spacial score (nSPS) is 10.5. The number of nitrogens with one attached hydrogen (secondary N) is 1. The van der Waals surface area contributed by atoms with Crippen LogP contribution >= 0.6 is 0 Å². The molecule has 2 aromatic carbocycles. The lowest BCUT2D eigenvalue weighted by atomic mass is 10.1. The number of esters is 1. The van der Waals surface area contributed by atoms with Crippen LogP contribution in [0.1, 0.15) is 26.3 Å². The first-order chi connectivity index (χ1) is 12.0. The Labute approximate surface area is 143 Å². The molecule has 0 saturated heterocycles. The van der Waals surface area contributed by atoms with Crippen molar-refractivity contribution in [2.75, 3.05) is 12.4 Å². The molecule has 25 heavy (non-hydrogen) atoms. The van der Waals surface area contributed by atoms with Crippen LogP contribution in [-0.4, -0.2) is 19.0 Å². The fraction of sp³-hybridized carbons (Fsp3) is 0.105. The number of carbonyl (C=O) groups is 2. The third kappa shape index (κ3) is 3.14. The molecule has 0 radical (unpaired) electrons. The number of ether oxygens (including phenoxy) is 1. The van der Waals surface area contributed by atoms with Gasteiger partial charge in [-0.15, -0.1) is 0 Å². The van der Waals surface area contributed by atoms with Gasteiger partial charge in [-0.3, -0.25) is 4.79 Å². The number of methoxy groups -OCH3 is 1. The molecular formula is C19H15NO5. The standard InChI is InChI=1S/C19H15NO5/c1-11-13(18(22)24-2)7-5-8-15(11)20-17(21)14-10-12-6-3-4-9-16(12)25-19(14)23/h3-10H,1-2H3,(H,20,21). The summed E-state index contributed by atoms with van der Waals surface area (Å²) >= 11 is 0. The molecule has 0 bridgehead atoms. The van der Waals surface area contributed by atoms with Gasteiger partial charge in [-0.25, -0.2) is 9.59 Å². The van der Waals surface area contributed by atoms with Gasteiger partial charge in [-0.05, 0) is 36.8 Å². The number of anilines is 1. The first-order valence-electron chi connectivity index (χ1n) is 7.53. The van der Waals surface area contributed by atoms with Crippen molar-refractivity contribution in [2.24, 2.45) is 0 Å². The lowest BCUT2D eigenvalue weighted by Gasteiger charge is -2.11. The second-order valence-corrected chi connectivity index (χ2v) is 5.41. The van der Waals surface area contributed by atoms with Crippen LogP contribution in [0.15, 0.2) is 57.7 Å². The zero-order valence-electron chi connectivity index (χ0n) is 13.7. The Kier molecular flexibility index (Phi) is 4.35. The molecule has 1 aromatic heterocycles. The number of fused-ring (bicyclic) bond motifs is 1. The summed E-state index contributed by atoms with van der Waals surface area (Å²) in [4.78, 5) is 36.3. The molecule has 0 aliphatic heterocycles. The highest BCUT2D eigenvalue weighted by Gasteiger charge is 2.17. The van der Waals surface area contributed by atoms with Gasteiger partial charge in [0.05, 0.1) is 12.7 Å². The van der Waals surface area contributed by atoms with E-state index in [0.29, 0.717) is 27.8 Å². The zero-order chi connectivity index (χ0) is 18.0. The van der Waals surface area contributed by atoms with Crippen LogP contribution in [0.25, 0.3) is 11.0 Å². The van der Waals surface area contributed by atoms with E-state index in [9.17, 15) is 14.4 Å². The summed E-state index contributed by atoms with van der Waals surface area (Å²) in [5, 5.41) is 3.29. The van der Waals surface area contributed by atoms with Gasteiger partial charge in [0.2, 0.25) is 0 Å². The van der Waals surface area contributed by atoms with Crippen molar-refractivity contribution in [1.29, 1.82) is 0 Å². The first kappa shape index (κ1) is 16.4. The number of carbonyl (C=O) groups excluding carboxylic acids is 2. The number of rotatable bonds is 3. The monoisotopic (exact) mass is 337 g/mol. The Morgan fingerprint density at radius 1 is 1.04 bits per heavy atom. The molecule has 1 heterocycles. The average molecular weight is 337 g/mol. The van der Waals surface area contributed by atoms with Gasteiger partial charge < -0.3 is 14.5 Å². The summed E-state index contributed by atoms with van der Waals surface area (Å²) in [6.45, 7) is 1.69. The quantitative estimate of drug-likeness (QED) is 0.586. The fourth-order valence-corrected chi connectivity index (χ4v) is 2.51. The minimum atomic E-state index is -0.724. The van der Waals surface area contributed by atoms with Crippen LogP contribution < -0.4 is 10.9 Å². The predicted octanol–water partition coefficient (Wildman–Crippen LogP) is 3.14. The van der Waals surface area contributed by atoms with Crippen molar-refractivity contribution in [3.63, 3.8) is 0 Å². The number of benzene rings is 2. The topological polar surface area (TPSA) is 85.6 Å². The van der Waals surface area contributed by atoms with E-state index in [2.05, 4.69) is 5.32 Å². The van der Waals surface area contributed by atoms with E-state index in [0.717, 1.165) is 0 Å².